The third kappa shape index (κ3) is 3.51. The summed E-state index contributed by atoms with van der Waals surface area (Å²) in [6.45, 7) is 4.17. The van der Waals surface area contributed by atoms with E-state index in [1.54, 1.807) is 6.92 Å². The Kier molecular flexibility index (Phi) is 5.01. The monoisotopic (exact) mass is 338 g/mol. The van der Waals surface area contributed by atoms with Crippen molar-refractivity contribution >= 4 is 17.3 Å². The lowest BCUT2D eigenvalue weighted by Crippen LogP contribution is -2.07. The quantitative estimate of drug-likeness (QED) is 0.651. The van der Waals surface area contributed by atoms with Crippen LogP contribution in [0.3, 0.4) is 0 Å². The fraction of sp³-hybridized carbons (Fsp3) is 0.211. The Bertz CT molecular complexity index is 844. The molecule has 0 fully saturated rings. The van der Waals surface area contributed by atoms with Gasteiger partial charge in [0.1, 0.15) is 5.01 Å². The molecule has 1 aromatic carbocycles. The van der Waals surface area contributed by atoms with E-state index in [1.807, 2.05) is 42.8 Å². The number of hydrogen-bond donors (Lipinski definition) is 0. The summed E-state index contributed by atoms with van der Waals surface area (Å²) in [5.74, 6) is -0.249. The van der Waals surface area contributed by atoms with E-state index in [4.69, 9.17) is 4.74 Å². The van der Waals surface area contributed by atoms with E-state index in [9.17, 15) is 4.79 Å². The minimum atomic E-state index is -0.249. The van der Waals surface area contributed by atoms with Gasteiger partial charge in [-0.05, 0) is 31.0 Å². The summed E-state index contributed by atoms with van der Waals surface area (Å²) in [5, 5.41) is 2.78. The van der Waals surface area contributed by atoms with Crippen molar-refractivity contribution in [1.82, 2.24) is 9.97 Å². The van der Waals surface area contributed by atoms with Crippen LogP contribution in [0, 0.1) is 6.92 Å². The summed E-state index contributed by atoms with van der Waals surface area (Å²) in [7, 11) is 0. The van der Waals surface area contributed by atoms with E-state index >= 15 is 0 Å². The highest BCUT2D eigenvalue weighted by atomic mass is 32.1. The largest absolute Gasteiger partial charge is 0.466 e. The molecule has 0 N–H and O–H groups in total. The van der Waals surface area contributed by atoms with Gasteiger partial charge in [-0.1, -0.05) is 30.3 Å². The average Bonchev–Trinajstić information content (AvgIpc) is 3.03. The summed E-state index contributed by atoms with van der Waals surface area (Å²) < 4.78 is 4.99. The van der Waals surface area contributed by atoms with E-state index in [-0.39, 0.29) is 12.4 Å². The SMILES string of the molecule is CCOC(=O)Cc1csc(-c2c(-c3ccccc3)ccnc2C)n1. The molecule has 0 aliphatic carbocycles. The first-order valence-corrected chi connectivity index (χ1v) is 8.68. The Hall–Kier alpha value is -2.53. The maximum Gasteiger partial charge on any atom is 0.311 e. The lowest BCUT2D eigenvalue weighted by Gasteiger charge is -2.10. The first-order valence-electron chi connectivity index (χ1n) is 7.80. The fourth-order valence-electron chi connectivity index (χ4n) is 2.56. The summed E-state index contributed by atoms with van der Waals surface area (Å²) in [5.41, 5.74) is 4.90. The van der Waals surface area contributed by atoms with Gasteiger partial charge in [0, 0.05) is 22.8 Å². The number of aromatic nitrogens is 2. The third-order valence-electron chi connectivity index (χ3n) is 3.62. The van der Waals surface area contributed by atoms with Crippen molar-refractivity contribution in [2.75, 3.05) is 6.61 Å². The number of carbonyl (C=O) groups is 1. The smallest absolute Gasteiger partial charge is 0.311 e. The van der Waals surface area contributed by atoms with Crippen molar-refractivity contribution in [3.8, 4) is 21.7 Å². The average molecular weight is 338 g/mol. The molecule has 0 radical (unpaired) electrons. The zero-order valence-electron chi connectivity index (χ0n) is 13.7. The van der Waals surface area contributed by atoms with Crippen LogP contribution in [0.5, 0.6) is 0 Å². The number of rotatable bonds is 5. The summed E-state index contributed by atoms with van der Waals surface area (Å²) in [4.78, 5) is 20.7. The Morgan fingerprint density at radius 2 is 2.00 bits per heavy atom. The number of hydrogen-bond acceptors (Lipinski definition) is 5. The Morgan fingerprint density at radius 1 is 1.21 bits per heavy atom. The van der Waals surface area contributed by atoms with Gasteiger partial charge in [-0.2, -0.15) is 0 Å². The van der Waals surface area contributed by atoms with Gasteiger partial charge in [-0.15, -0.1) is 11.3 Å². The van der Waals surface area contributed by atoms with Crippen LogP contribution >= 0.6 is 11.3 Å². The molecule has 122 valence electrons. The van der Waals surface area contributed by atoms with Gasteiger partial charge in [-0.3, -0.25) is 9.78 Å². The molecule has 0 saturated heterocycles. The molecule has 2 aromatic heterocycles. The van der Waals surface area contributed by atoms with Crippen molar-refractivity contribution in [3.63, 3.8) is 0 Å². The first kappa shape index (κ1) is 16.3. The molecular weight excluding hydrogens is 320 g/mol. The molecule has 0 unspecified atom stereocenters. The zero-order valence-corrected chi connectivity index (χ0v) is 14.5. The molecular formula is C19H18N2O2S. The van der Waals surface area contributed by atoms with Gasteiger partial charge < -0.3 is 4.74 Å². The highest BCUT2D eigenvalue weighted by Crippen LogP contribution is 2.35. The summed E-state index contributed by atoms with van der Waals surface area (Å²) in [6, 6.07) is 12.2. The van der Waals surface area contributed by atoms with Gasteiger partial charge in [0.25, 0.3) is 0 Å². The van der Waals surface area contributed by atoms with Gasteiger partial charge in [0.2, 0.25) is 0 Å². The number of esters is 1. The van der Waals surface area contributed by atoms with Crippen LogP contribution in [0.2, 0.25) is 0 Å². The number of benzene rings is 1. The molecule has 24 heavy (non-hydrogen) atoms. The molecule has 5 heteroatoms. The number of aryl methyl sites for hydroxylation is 1. The molecule has 0 aliphatic heterocycles. The summed E-state index contributed by atoms with van der Waals surface area (Å²) in [6.07, 6.45) is 2.01. The zero-order chi connectivity index (χ0) is 16.9. The van der Waals surface area contributed by atoms with E-state index in [1.165, 1.54) is 11.3 Å². The molecule has 0 spiro atoms. The van der Waals surface area contributed by atoms with Crippen LogP contribution in [-0.2, 0) is 16.0 Å². The molecule has 4 nitrogen and oxygen atoms in total. The fourth-order valence-corrected chi connectivity index (χ4v) is 3.49. The van der Waals surface area contributed by atoms with Crippen molar-refractivity contribution in [2.24, 2.45) is 0 Å². The molecule has 0 atom stereocenters. The van der Waals surface area contributed by atoms with Crippen molar-refractivity contribution in [2.45, 2.75) is 20.3 Å². The van der Waals surface area contributed by atoms with Gasteiger partial charge in [0.05, 0.1) is 18.7 Å². The van der Waals surface area contributed by atoms with Gasteiger partial charge in [0.15, 0.2) is 0 Å². The maximum absolute atomic E-state index is 11.6. The lowest BCUT2D eigenvalue weighted by atomic mass is 10.00. The van der Waals surface area contributed by atoms with E-state index in [2.05, 4.69) is 22.1 Å². The highest BCUT2D eigenvalue weighted by Gasteiger charge is 2.16. The number of nitrogens with zero attached hydrogens (tertiary/aromatic N) is 2. The maximum atomic E-state index is 11.6. The Labute approximate surface area is 145 Å². The van der Waals surface area contributed by atoms with Crippen LogP contribution in [0.15, 0.2) is 48.0 Å². The minimum Gasteiger partial charge on any atom is -0.466 e. The molecule has 3 aromatic rings. The second-order valence-electron chi connectivity index (χ2n) is 5.31. The second kappa shape index (κ2) is 7.36. The third-order valence-corrected chi connectivity index (χ3v) is 4.53. The standard InChI is InChI=1S/C19H18N2O2S/c1-3-23-17(22)11-15-12-24-19(21-15)18-13(2)20-10-9-16(18)14-7-5-4-6-8-14/h4-10,12H,3,11H2,1-2H3. The normalized spacial score (nSPS) is 10.6. The number of ether oxygens (including phenoxy) is 1. The summed E-state index contributed by atoms with van der Waals surface area (Å²) >= 11 is 1.53. The van der Waals surface area contributed by atoms with Gasteiger partial charge in [-0.25, -0.2) is 4.98 Å². The van der Waals surface area contributed by atoms with Crippen molar-refractivity contribution in [3.05, 3.63) is 59.4 Å². The lowest BCUT2D eigenvalue weighted by molar-refractivity contribution is -0.142. The van der Waals surface area contributed by atoms with E-state index < -0.39 is 0 Å². The minimum absolute atomic E-state index is 0.199. The molecule has 0 aliphatic rings. The van der Waals surface area contributed by atoms with Crippen LogP contribution < -0.4 is 0 Å². The molecule has 2 heterocycles. The van der Waals surface area contributed by atoms with Crippen molar-refractivity contribution < 1.29 is 9.53 Å². The number of pyridine rings is 1. The van der Waals surface area contributed by atoms with Crippen LogP contribution in [0.25, 0.3) is 21.7 Å². The van der Waals surface area contributed by atoms with E-state index in [0.717, 1.165) is 33.1 Å². The topological polar surface area (TPSA) is 52.1 Å². The van der Waals surface area contributed by atoms with Gasteiger partial charge >= 0.3 is 5.97 Å². The van der Waals surface area contributed by atoms with Crippen LogP contribution in [0.4, 0.5) is 0 Å². The Morgan fingerprint density at radius 3 is 2.75 bits per heavy atom. The number of thiazole rings is 1. The van der Waals surface area contributed by atoms with Crippen LogP contribution in [-0.4, -0.2) is 22.5 Å². The van der Waals surface area contributed by atoms with Crippen molar-refractivity contribution in [1.29, 1.82) is 0 Å². The molecule has 0 bridgehead atoms. The molecule has 0 amide bonds. The predicted octanol–water partition coefficient (Wildman–Crippen LogP) is 4.29. The predicted molar refractivity (Wildman–Crippen MR) is 95.9 cm³/mol. The highest BCUT2D eigenvalue weighted by molar-refractivity contribution is 7.13. The molecule has 0 saturated carbocycles. The first-order chi connectivity index (χ1) is 11.7. The second-order valence-corrected chi connectivity index (χ2v) is 6.17. The van der Waals surface area contributed by atoms with E-state index in [0.29, 0.717) is 6.61 Å². The van der Waals surface area contributed by atoms with Crippen LogP contribution in [0.1, 0.15) is 18.3 Å². The Balaban J connectivity index is 1.98. The number of carbonyl (C=O) groups excluding carboxylic acids is 1. The molecule has 3 rings (SSSR count).